The summed E-state index contributed by atoms with van der Waals surface area (Å²) in [6.45, 7) is 4.26. The Kier molecular flexibility index (Phi) is 7.21. The van der Waals surface area contributed by atoms with Gasteiger partial charge in [0.05, 0.1) is 4.88 Å². The Hall–Kier alpha value is -2.34. The van der Waals surface area contributed by atoms with Crippen LogP contribution >= 0.6 is 11.3 Å². The highest BCUT2D eigenvalue weighted by atomic mass is 32.1. The lowest BCUT2D eigenvalue weighted by Gasteiger charge is -2.11. The molecule has 0 saturated carbocycles. The molecular formula is C20H26N2O3S. The highest BCUT2D eigenvalue weighted by molar-refractivity contribution is 7.14. The molecule has 0 atom stereocenters. The molecular weight excluding hydrogens is 348 g/mol. The van der Waals surface area contributed by atoms with Crippen LogP contribution in [0, 0.1) is 0 Å². The quantitative estimate of drug-likeness (QED) is 0.760. The van der Waals surface area contributed by atoms with Crippen LogP contribution in [0.1, 0.15) is 40.4 Å². The van der Waals surface area contributed by atoms with Crippen molar-refractivity contribution >= 4 is 28.8 Å². The molecule has 0 unspecified atom stereocenters. The van der Waals surface area contributed by atoms with Crippen molar-refractivity contribution < 1.29 is 14.3 Å². The van der Waals surface area contributed by atoms with Crippen LogP contribution in [0.15, 0.2) is 30.3 Å². The molecule has 0 saturated heterocycles. The Bertz CT molecular complexity index is 751. The zero-order valence-electron chi connectivity index (χ0n) is 15.8. The van der Waals surface area contributed by atoms with Crippen LogP contribution in [0.2, 0.25) is 0 Å². The molecule has 1 aromatic carbocycles. The first-order valence-electron chi connectivity index (χ1n) is 8.80. The third-order valence-electron chi connectivity index (χ3n) is 3.95. The fraction of sp³-hybridized carbons (Fsp3) is 0.400. The number of benzene rings is 1. The average molecular weight is 375 g/mol. The Morgan fingerprint density at radius 1 is 1.15 bits per heavy atom. The molecule has 2 aromatic rings. The number of thiophene rings is 1. The molecule has 1 N–H and O–H groups in total. The fourth-order valence-electron chi connectivity index (χ4n) is 2.42. The minimum Gasteiger partial charge on any atom is -0.484 e. The third-order valence-corrected chi connectivity index (χ3v) is 5.19. The van der Waals surface area contributed by atoms with Crippen molar-refractivity contribution in [3.8, 4) is 5.75 Å². The Balaban J connectivity index is 1.98. The van der Waals surface area contributed by atoms with Gasteiger partial charge >= 0.3 is 0 Å². The van der Waals surface area contributed by atoms with Crippen LogP contribution in [0.3, 0.4) is 0 Å². The molecule has 2 amide bonds. The number of amides is 2. The molecule has 0 fully saturated rings. The molecule has 0 aliphatic rings. The van der Waals surface area contributed by atoms with E-state index in [9.17, 15) is 9.59 Å². The van der Waals surface area contributed by atoms with Crippen molar-refractivity contribution in [2.24, 2.45) is 0 Å². The number of hydrogen-bond acceptors (Lipinski definition) is 4. The second-order valence-corrected chi connectivity index (χ2v) is 7.35. The minimum atomic E-state index is -0.102. The predicted octanol–water partition coefficient (Wildman–Crippen LogP) is 3.98. The van der Waals surface area contributed by atoms with Crippen LogP contribution in [0.25, 0.3) is 0 Å². The second kappa shape index (κ2) is 9.38. The highest BCUT2D eigenvalue weighted by Gasteiger charge is 2.14. The summed E-state index contributed by atoms with van der Waals surface area (Å²) in [7, 11) is 3.37. The summed E-state index contributed by atoms with van der Waals surface area (Å²) in [4.78, 5) is 27.5. The minimum absolute atomic E-state index is 0.00605. The molecule has 0 aliphatic carbocycles. The highest BCUT2D eigenvalue weighted by Crippen LogP contribution is 2.26. The second-order valence-electron chi connectivity index (χ2n) is 6.22. The number of carbonyl (C=O) groups excluding carboxylic acids is 2. The summed E-state index contributed by atoms with van der Waals surface area (Å²) in [6.07, 6.45) is 3.03. The van der Waals surface area contributed by atoms with Gasteiger partial charge in [-0.05, 0) is 48.7 Å². The number of anilines is 1. The first-order chi connectivity index (χ1) is 12.4. The Labute approximate surface area is 159 Å². The predicted molar refractivity (Wildman–Crippen MR) is 106 cm³/mol. The van der Waals surface area contributed by atoms with Gasteiger partial charge in [0.25, 0.3) is 11.8 Å². The van der Waals surface area contributed by atoms with Crippen LogP contribution < -0.4 is 10.1 Å². The lowest BCUT2D eigenvalue weighted by atomic mass is 10.1. The summed E-state index contributed by atoms with van der Waals surface area (Å²) >= 11 is 1.57. The summed E-state index contributed by atoms with van der Waals surface area (Å²) in [6, 6.07) is 9.03. The van der Waals surface area contributed by atoms with Gasteiger partial charge in [0.15, 0.2) is 6.61 Å². The number of nitrogens with one attached hydrogen (secondary N) is 1. The number of likely N-dealkylation sites (N-methyl/N-ethyl adjacent to an activating group) is 1. The van der Waals surface area contributed by atoms with E-state index in [1.807, 2.05) is 6.07 Å². The number of hydrogen-bond donors (Lipinski definition) is 1. The molecule has 0 spiro atoms. The molecule has 6 heteroatoms. The molecule has 1 heterocycles. The molecule has 140 valence electrons. The molecule has 2 rings (SSSR count). The van der Waals surface area contributed by atoms with E-state index in [1.165, 1.54) is 15.3 Å². The maximum Gasteiger partial charge on any atom is 0.265 e. The zero-order chi connectivity index (χ0) is 19.1. The largest absolute Gasteiger partial charge is 0.484 e. The number of carbonyl (C=O) groups is 2. The zero-order valence-corrected chi connectivity index (χ0v) is 16.6. The van der Waals surface area contributed by atoms with E-state index in [1.54, 1.807) is 49.7 Å². The maximum atomic E-state index is 12.5. The van der Waals surface area contributed by atoms with E-state index < -0.39 is 0 Å². The van der Waals surface area contributed by atoms with Crippen molar-refractivity contribution in [3.05, 3.63) is 45.6 Å². The van der Waals surface area contributed by atoms with E-state index in [0.29, 0.717) is 11.4 Å². The Morgan fingerprint density at radius 2 is 1.85 bits per heavy atom. The van der Waals surface area contributed by atoms with Crippen molar-refractivity contribution in [3.63, 3.8) is 0 Å². The molecule has 26 heavy (non-hydrogen) atoms. The van der Waals surface area contributed by atoms with E-state index in [0.717, 1.165) is 24.1 Å². The average Bonchev–Trinajstić information content (AvgIpc) is 3.04. The molecule has 0 bridgehead atoms. The fourth-order valence-corrected chi connectivity index (χ4v) is 3.67. The molecule has 1 aromatic heterocycles. The SMILES string of the molecule is CCCc1sc(C(=O)Nc2ccc(OCC(=O)N(C)C)cc2)cc1CC. The van der Waals surface area contributed by atoms with Gasteiger partial charge in [-0.1, -0.05) is 20.3 Å². The molecule has 0 radical (unpaired) electrons. The van der Waals surface area contributed by atoms with Gasteiger partial charge in [0.1, 0.15) is 5.75 Å². The van der Waals surface area contributed by atoms with Gasteiger partial charge in [-0.15, -0.1) is 11.3 Å². The first-order valence-corrected chi connectivity index (χ1v) is 9.62. The van der Waals surface area contributed by atoms with Crippen LogP contribution in [-0.2, 0) is 17.6 Å². The molecule has 0 aliphatic heterocycles. The first kappa shape index (κ1) is 20.0. The van der Waals surface area contributed by atoms with Gasteiger partial charge < -0.3 is 15.0 Å². The lowest BCUT2D eigenvalue weighted by molar-refractivity contribution is -0.130. The van der Waals surface area contributed by atoms with E-state index in [2.05, 4.69) is 19.2 Å². The lowest BCUT2D eigenvalue weighted by Crippen LogP contribution is -2.27. The van der Waals surface area contributed by atoms with Crippen molar-refractivity contribution in [1.82, 2.24) is 4.90 Å². The van der Waals surface area contributed by atoms with E-state index >= 15 is 0 Å². The van der Waals surface area contributed by atoms with Crippen LogP contribution in [-0.4, -0.2) is 37.4 Å². The van der Waals surface area contributed by atoms with E-state index in [-0.39, 0.29) is 18.4 Å². The van der Waals surface area contributed by atoms with Crippen molar-refractivity contribution in [2.45, 2.75) is 33.1 Å². The maximum absolute atomic E-state index is 12.5. The van der Waals surface area contributed by atoms with E-state index in [4.69, 9.17) is 4.74 Å². The van der Waals surface area contributed by atoms with Gasteiger partial charge in [-0.3, -0.25) is 9.59 Å². The summed E-state index contributed by atoms with van der Waals surface area (Å²) in [5.41, 5.74) is 1.96. The normalized spacial score (nSPS) is 10.5. The van der Waals surface area contributed by atoms with Gasteiger partial charge in [0.2, 0.25) is 0 Å². The number of ether oxygens (including phenoxy) is 1. The summed E-state index contributed by atoms with van der Waals surface area (Å²) in [5.74, 6) is 0.394. The van der Waals surface area contributed by atoms with Gasteiger partial charge in [-0.2, -0.15) is 0 Å². The monoisotopic (exact) mass is 374 g/mol. The van der Waals surface area contributed by atoms with Crippen molar-refractivity contribution in [2.75, 3.05) is 26.0 Å². The van der Waals surface area contributed by atoms with Gasteiger partial charge in [0, 0.05) is 24.7 Å². The summed E-state index contributed by atoms with van der Waals surface area (Å²) < 4.78 is 5.43. The number of nitrogens with zero attached hydrogens (tertiary/aromatic N) is 1. The number of rotatable bonds is 8. The number of aryl methyl sites for hydroxylation is 2. The molecule has 5 nitrogen and oxygen atoms in total. The summed E-state index contributed by atoms with van der Waals surface area (Å²) in [5, 5.41) is 2.92. The van der Waals surface area contributed by atoms with Gasteiger partial charge in [-0.25, -0.2) is 0 Å². The topological polar surface area (TPSA) is 58.6 Å². The van der Waals surface area contributed by atoms with Crippen molar-refractivity contribution in [1.29, 1.82) is 0 Å². The van der Waals surface area contributed by atoms with Crippen LogP contribution in [0.5, 0.6) is 5.75 Å². The third kappa shape index (κ3) is 5.33. The van der Waals surface area contributed by atoms with Crippen LogP contribution in [0.4, 0.5) is 5.69 Å². The Morgan fingerprint density at radius 3 is 2.42 bits per heavy atom. The smallest absolute Gasteiger partial charge is 0.265 e. The standard InChI is InChI=1S/C20H26N2O3S/c1-5-7-17-14(6-2)12-18(26-17)20(24)21-15-8-10-16(11-9-15)25-13-19(23)22(3)4/h8-12H,5-7,13H2,1-4H3,(H,21,24).